The van der Waals surface area contributed by atoms with Crippen LogP contribution in [0.15, 0.2) is 23.4 Å². The van der Waals surface area contributed by atoms with E-state index < -0.39 is 0 Å². The maximum Gasteiger partial charge on any atom is 0.230 e. The fourth-order valence-corrected chi connectivity index (χ4v) is 3.57. The minimum atomic E-state index is 0.0234. The second kappa shape index (κ2) is 9.73. The highest BCUT2D eigenvalue weighted by atomic mass is 32.2. The van der Waals surface area contributed by atoms with Gasteiger partial charge in [0.25, 0.3) is 0 Å². The number of thioether (sulfide) groups is 1. The Morgan fingerprint density at radius 2 is 1.92 bits per heavy atom. The molecule has 0 spiro atoms. The van der Waals surface area contributed by atoms with Crippen LogP contribution in [0.3, 0.4) is 0 Å². The third-order valence-electron chi connectivity index (χ3n) is 4.38. The number of aromatic nitrogens is 3. The zero-order chi connectivity index (χ0) is 19.1. The molecule has 0 unspecified atom stereocenters. The Kier molecular flexibility index (Phi) is 7.66. The molecule has 0 atom stereocenters. The molecule has 0 fully saturated rings. The van der Waals surface area contributed by atoms with Gasteiger partial charge >= 0.3 is 0 Å². The molecular formula is C19H29N5OS. The van der Waals surface area contributed by atoms with Crippen LogP contribution in [0.5, 0.6) is 0 Å². The molecule has 2 rings (SSSR count). The lowest BCUT2D eigenvalue weighted by atomic mass is 10.1. The van der Waals surface area contributed by atoms with Crippen LogP contribution in [-0.2, 0) is 4.79 Å². The van der Waals surface area contributed by atoms with Crippen molar-refractivity contribution in [3.05, 3.63) is 35.2 Å². The molecule has 1 aromatic heterocycles. The first-order valence-corrected chi connectivity index (χ1v) is 10.1. The van der Waals surface area contributed by atoms with Gasteiger partial charge in [0.15, 0.2) is 5.16 Å². The summed E-state index contributed by atoms with van der Waals surface area (Å²) in [5.74, 6) is 1.18. The van der Waals surface area contributed by atoms with Gasteiger partial charge in [0.2, 0.25) is 5.91 Å². The van der Waals surface area contributed by atoms with Crippen LogP contribution in [0.4, 0.5) is 0 Å². The summed E-state index contributed by atoms with van der Waals surface area (Å²) in [6.45, 7) is 13.9. The summed E-state index contributed by atoms with van der Waals surface area (Å²) in [5, 5.41) is 12.2. The van der Waals surface area contributed by atoms with Crippen molar-refractivity contribution in [2.75, 3.05) is 31.9 Å². The number of rotatable bonds is 9. The number of aryl methyl sites for hydroxylation is 3. The first kappa shape index (κ1) is 20.5. The average molecular weight is 376 g/mol. The maximum atomic E-state index is 12.1. The first-order valence-electron chi connectivity index (χ1n) is 9.07. The number of benzene rings is 1. The summed E-state index contributed by atoms with van der Waals surface area (Å²) >= 11 is 1.42. The second-order valence-electron chi connectivity index (χ2n) is 6.32. The van der Waals surface area contributed by atoms with Crippen molar-refractivity contribution in [2.45, 2.75) is 39.8 Å². The van der Waals surface area contributed by atoms with Gasteiger partial charge in [-0.25, -0.2) is 0 Å². The van der Waals surface area contributed by atoms with Crippen LogP contribution in [-0.4, -0.2) is 57.5 Å². The highest BCUT2D eigenvalue weighted by Crippen LogP contribution is 2.24. The molecule has 2 aromatic rings. The van der Waals surface area contributed by atoms with E-state index in [0.29, 0.717) is 12.3 Å². The molecule has 7 heteroatoms. The van der Waals surface area contributed by atoms with Crippen molar-refractivity contribution in [1.82, 2.24) is 25.0 Å². The van der Waals surface area contributed by atoms with Gasteiger partial charge in [-0.05, 0) is 51.1 Å². The van der Waals surface area contributed by atoms with Gasteiger partial charge in [-0.2, -0.15) is 0 Å². The van der Waals surface area contributed by atoms with E-state index >= 15 is 0 Å². The monoisotopic (exact) mass is 375 g/mol. The predicted octanol–water partition coefficient (Wildman–Crippen LogP) is 2.74. The van der Waals surface area contributed by atoms with Crippen molar-refractivity contribution >= 4 is 17.7 Å². The van der Waals surface area contributed by atoms with E-state index in [1.165, 1.54) is 17.3 Å². The van der Waals surface area contributed by atoms with Crippen LogP contribution < -0.4 is 5.32 Å². The number of carbonyl (C=O) groups is 1. The minimum Gasteiger partial charge on any atom is -0.354 e. The molecule has 1 N–H and O–H groups in total. The van der Waals surface area contributed by atoms with E-state index in [4.69, 9.17) is 0 Å². The third-order valence-corrected chi connectivity index (χ3v) is 5.31. The van der Waals surface area contributed by atoms with Crippen molar-refractivity contribution < 1.29 is 4.79 Å². The predicted molar refractivity (Wildman–Crippen MR) is 107 cm³/mol. The van der Waals surface area contributed by atoms with Crippen LogP contribution in [0.1, 0.15) is 30.8 Å². The van der Waals surface area contributed by atoms with Gasteiger partial charge in [-0.1, -0.05) is 37.7 Å². The summed E-state index contributed by atoms with van der Waals surface area (Å²) in [6, 6.07) is 6.31. The van der Waals surface area contributed by atoms with Crippen molar-refractivity contribution in [3.63, 3.8) is 0 Å². The Morgan fingerprint density at radius 3 is 2.62 bits per heavy atom. The number of hydrogen-bond acceptors (Lipinski definition) is 5. The first-order chi connectivity index (χ1) is 12.5. The number of nitrogens with one attached hydrogen (secondary N) is 1. The fraction of sp³-hybridized carbons (Fsp3) is 0.526. The van der Waals surface area contributed by atoms with Crippen LogP contribution in [0, 0.1) is 20.8 Å². The number of likely N-dealkylation sites (N-methyl/N-ethyl adjacent to an activating group) is 1. The molecule has 0 aliphatic heterocycles. The molecule has 1 aromatic carbocycles. The molecule has 0 saturated carbocycles. The lowest BCUT2D eigenvalue weighted by Crippen LogP contribution is -2.35. The van der Waals surface area contributed by atoms with E-state index in [9.17, 15) is 4.79 Å². The summed E-state index contributed by atoms with van der Waals surface area (Å²) in [5.41, 5.74) is 3.41. The minimum absolute atomic E-state index is 0.0234. The number of nitrogens with zero attached hydrogens (tertiary/aromatic N) is 4. The summed E-state index contributed by atoms with van der Waals surface area (Å²) in [6.07, 6.45) is 0. The molecule has 6 nitrogen and oxygen atoms in total. The Hall–Kier alpha value is -1.86. The molecule has 0 aliphatic carbocycles. The molecule has 0 saturated heterocycles. The van der Waals surface area contributed by atoms with Crippen LogP contribution in [0.25, 0.3) is 5.69 Å². The van der Waals surface area contributed by atoms with Crippen molar-refractivity contribution in [2.24, 2.45) is 0 Å². The Bertz CT molecular complexity index is 740. The molecule has 1 heterocycles. The topological polar surface area (TPSA) is 63.1 Å². The molecule has 0 bridgehead atoms. The number of carbonyl (C=O) groups excluding carboxylic acids is 1. The summed E-state index contributed by atoms with van der Waals surface area (Å²) in [7, 11) is 0. The fourth-order valence-electron chi connectivity index (χ4n) is 2.75. The van der Waals surface area contributed by atoms with E-state index in [-0.39, 0.29) is 5.91 Å². The normalized spacial score (nSPS) is 11.2. The highest BCUT2D eigenvalue weighted by Gasteiger charge is 2.15. The molecule has 1 amide bonds. The Labute approximate surface area is 160 Å². The largest absolute Gasteiger partial charge is 0.354 e. The van der Waals surface area contributed by atoms with Crippen molar-refractivity contribution in [3.8, 4) is 5.69 Å². The molecule has 26 heavy (non-hydrogen) atoms. The van der Waals surface area contributed by atoms with Gasteiger partial charge in [-0.3, -0.25) is 9.36 Å². The van der Waals surface area contributed by atoms with Gasteiger partial charge in [0, 0.05) is 13.1 Å². The molecule has 0 aliphatic rings. The molecule has 0 radical (unpaired) electrons. The van der Waals surface area contributed by atoms with Gasteiger partial charge < -0.3 is 10.2 Å². The smallest absolute Gasteiger partial charge is 0.230 e. The van der Waals surface area contributed by atoms with E-state index in [0.717, 1.165) is 41.9 Å². The average Bonchev–Trinajstić information content (AvgIpc) is 2.99. The van der Waals surface area contributed by atoms with Crippen LogP contribution in [0.2, 0.25) is 0 Å². The maximum absolute atomic E-state index is 12.1. The lowest BCUT2D eigenvalue weighted by Gasteiger charge is -2.17. The van der Waals surface area contributed by atoms with Gasteiger partial charge in [0.05, 0.1) is 11.4 Å². The lowest BCUT2D eigenvalue weighted by molar-refractivity contribution is -0.118. The van der Waals surface area contributed by atoms with Crippen LogP contribution >= 0.6 is 11.8 Å². The number of amides is 1. The van der Waals surface area contributed by atoms with Gasteiger partial charge in [-0.15, -0.1) is 10.2 Å². The van der Waals surface area contributed by atoms with E-state index in [1.54, 1.807) is 0 Å². The van der Waals surface area contributed by atoms with E-state index in [1.807, 2.05) is 11.5 Å². The molecular weight excluding hydrogens is 346 g/mol. The van der Waals surface area contributed by atoms with Crippen molar-refractivity contribution in [1.29, 1.82) is 0 Å². The quantitative estimate of drug-likeness (QED) is 0.683. The number of hydrogen-bond donors (Lipinski definition) is 1. The zero-order valence-electron chi connectivity index (χ0n) is 16.4. The SMILES string of the molecule is CCN(CC)CCNC(=O)CSc1nnc(C)n1-c1cc(C)ccc1C. The zero-order valence-corrected chi connectivity index (χ0v) is 17.2. The highest BCUT2D eigenvalue weighted by molar-refractivity contribution is 7.99. The Morgan fingerprint density at radius 1 is 1.19 bits per heavy atom. The molecule has 142 valence electrons. The summed E-state index contributed by atoms with van der Waals surface area (Å²) in [4.78, 5) is 14.4. The summed E-state index contributed by atoms with van der Waals surface area (Å²) < 4.78 is 2.02. The standard InChI is InChI=1S/C19H29N5OS/c1-6-23(7-2)11-10-20-18(25)13-26-19-22-21-16(5)24(19)17-12-14(3)8-9-15(17)4/h8-9,12H,6-7,10-11,13H2,1-5H3,(H,20,25). The third kappa shape index (κ3) is 5.32. The van der Waals surface area contributed by atoms with E-state index in [2.05, 4.69) is 66.3 Å². The Balaban J connectivity index is 1.99. The second-order valence-corrected chi connectivity index (χ2v) is 7.26. The van der Waals surface area contributed by atoms with Gasteiger partial charge in [0.1, 0.15) is 5.82 Å².